The lowest BCUT2D eigenvalue weighted by Crippen LogP contribution is -2.41. The van der Waals surface area contributed by atoms with Crippen LogP contribution in [0, 0.1) is 0 Å². The lowest BCUT2D eigenvalue weighted by molar-refractivity contribution is 0.0927. The zero-order valence-corrected chi connectivity index (χ0v) is 19.6. The summed E-state index contributed by atoms with van der Waals surface area (Å²) in [6, 6.07) is 5.64. The van der Waals surface area contributed by atoms with Crippen LogP contribution >= 0.6 is 0 Å². The third-order valence-electron chi connectivity index (χ3n) is 6.63. The molecule has 3 heterocycles. The SMILES string of the molecule is O=C(NC1CCCCCCC1)c1cn(CCc2ccccn2)cc(C(=O)N[C@H]2CCOC2)c1=O. The van der Waals surface area contributed by atoms with Crippen LogP contribution in [0.15, 0.2) is 41.6 Å². The number of hydrogen-bond acceptors (Lipinski definition) is 5. The Morgan fingerprint density at radius 2 is 1.62 bits per heavy atom. The van der Waals surface area contributed by atoms with Gasteiger partial charge in [-0.05, 0) is 31.4 Å². The first-order valence-corrected chi connectivity index (χ1v) is 12.4. The molecule has 2 amide bonds. The molecule has 1 aliphatic heterocycles. The van der Waals surface area contributed by atoms with Gasteiger partial charge in [0.1, 0.15) is 11.1 Å². The van der Waals surface area contributed by atoms with Gasteiger partial charge in [-0.1, -0.05) is 38.2 Å². The van der Waals surface area contributed by atoms with Gasteiger partial charge in [0, 0.05) is 49.9 Å². The highest BCUT2D eigenvalue weighted by Gasteiger charge is 2.24. The van der Waals surface area contributed by atoms with Gasteiger partial charge in [0.2, 0.25) is 5.43 Å². The Labute approximate surface area is 200 Å². The maximum atomic E-state index is 13.2. The van der Waals surface area contributed by atoms with E-state index in [0.717, 1.165) is 31.4 Å². The highest BCUT2D eigenvalue weighted by molar-refractivity contribution is 5.99. The minimum Gasteiger partial charge on any atom is -0.379 e. The lowest BCUT2D eigenvalue weighted by atomic mass is 9.96. The van der Waals surface area contributed by atoms with Crippen LogP contribution in [0.1, 0.15) is 77.8 Å². The molecular formula is C26H34N4O4. The van der Waals surface area contributed by atoms with E-state index < -0.39 is 17.2 Å². The number of carbonyl (C=O) groups is 2. The van der Waals surface area contributed by atoms with Crippen molar-refractivity contribution in [3.8, 4) is 0 Å². The second kappa shape index (κ2) is 11.9. The van der Waals surface area contributed by atoms with E-state index in [4.69, 9.17) is 4.74 Å². The summed E-state index contributed by atoms with van der Waals surface area (Å²) in [6.07, 6.45) is 13.7. The number of aryl methyl sites for hydroxylation is 2. The van der Waals surface area contributed by atoms with E-state index in [9.17, 15) is 14.4 Å². The van der Waals surface area contributed by atoms with E-state index in [1.807, 2.05) is 18.2 Å². The largest absolute Gasteiger partial charge is 0.379 e. The summed E-state index contributed by atoms with van der Waals surface area (Å²) in [6.45, 7) is 1.51. The number of nitrogens with one attached hydrogen (secondary N) is 2. The molecule has 0 unspecified atom stereocenters. The first kappa shape index (κ1) is 24.1. The predicted octanol–water partition coefficient (Wildman–Crippen LogP) is 2.85. The molecule has 1 saturated carbocycles. The number of hydrogen-bond donors (Lipinski definition) is 2. The van der Waals surface area contributed by atoms with Gasteiger partial charge in [-0.25, -0.2) is 0 Å². The first-order valence-electron chi connectivity index (χ1n) is 12.4. The molecule has 8 heteroatoms. The predicted molar refractivity (Wildman–Crippen MR) is 129 cm³/mol. The topological polar surface area (TPSA) is 102 Å². The number of amides is 2. The molecule has 1 atom stereocenters. The molecule has 0 bridgehead atoms. The van der Waals surface area contributed by atoms with Crippen molar-refractivity contribution in [1.29, 1.82) is 0 Å². The molecule has 0 aromatic carbocycles. The summed E-state index contributed by atoms with van der Waals surface area (Å²) in [7, 11) is 0. The van der Waals surface area contributed by atoms with Crippen molar-refractivity contribution in [2.24, 2.45) is 0 Å². The molecule has 2 N–H and O–H groups in total. The smallest absolute Gasteiger partial charge is 0.257 e. The van der Waals surface area contributed by atoms with Crippen LogP contribution in [-0.4, -0.2) is 46.7 Å². The average Bonchev–Trinajstić information content (AvgIpc) is 3.33. The van der Waals surface area contributed by atoms with E-state index in [2.05, 4.69) is 15.6 Å². The molecule has 4 rings (SSSR count). The van der Waals surface area contributed by atoms with Gasteiger partial charge in [-0.3, -0.25) is 19.4 Å². The first-order chi connectivity index (χ1) is 16.6. The average molecular weight is 467 g/mol. The summed E-state index contributed by atoms with van der Waals surface area (Å²) in [5, 5.41) is 5.95. The fraction of sp³-hybridized carbons (Fsp3) is 0.538. The maximum absolute atomic E-state index is 13.2. The quantitative estimate of drug-likeness (QED) is 0.653. The Kier molecular flexibility index (Phi) is 8.46. The highest BCUT2D eigenvalue weighted by Crippen LogP contribution is 2.17. The highest BCUT2D eigenvalue weighted by atomic mass is 16.5. The summed E-state index contributed by atoms with van der Waals surface area (Å²) < 4.78 is 7.09. The maximum Gasteiger partial charge on any atom is 0.257 e. The number of rotatable bonds is 7. The third-order valence-corrected chi connectivity index (χ3v) is 6.63. The molecular weight excluding hydrogens is 432 g/mol. The molecule has 182 valence electrons. The minimum atomic E-state index is -0.533. The van der Waals surface area contributed by atoms with Gasteiger partial charge in [-0.2, -0.15) is 0 Å². The summed E-state index contributed by atoms with van der Waals surface area (Å²) >= 11 is 0. The van der Waals surface area contributed by atoms with E-state index in [1.165, 1.54) is 19.3 Å². The van der Waals surface area contributed by atoms with Crippen molar-refractivity contribution in [3.63, 3.8) is 0 Å². The number of nitrogens with zero attached hydrogens (tertiary/aromatic N) is 2. The molecule has 2 fully saturated rings. The zero-order chi connectivity index (χ0) is 23.8. The summed E-state index contributed by atoms with van der Waals surface area (Å²) in [5.41, 5.74) is 0.362. The number of aromatic nitrogens is 2. The molecule has 2 aliphatic rings. The Balaban J connectivity index is 1.56. The Morgan fingerprint density at radius 1 is 0.941 bits per heavy atom. The number of ether oxygens (including phenoxy) is 1. The molecule has 2 aromatic heterocycles. The molecule has 8 nitrogen and oxygen atoms in total. The van der Waals surface area contributed by atoms with Gasteiger partial charge < -0.3 is 19.9 Å². The van der Waals surface area contributed by atoms with Crippen molar-refractivity contribution in [1.82, 2.24) is 20.2 Å². The van der Waals surface area contributed by atoms with Crippen LogP contribution in [-0.2, 0) is 17.7 Å². The van der Waals surface area contributed by atoms with Crippen LogP contribution in [0.5, 0.6) is 0 Å². The van der Waals surface area contributed by atoms with Crippen LogP contribution in [0.2, 0.25) is 0 Å². The van der Waals surface area contributed by atoms with Gasteiger partial charge in [0.25, 0.3) is 11.8 Å². The number of carbonyl (C=O) groups excluding carboxylic acids is 2. The standard InChI is InChI=1S/C26H34N4O4/c31-24-22(25(32)28-20-9-4-2-1-3-5-10-20)16-30(14-11-19-8-6-7-13-27-19)17-23(24)26(33)29-21-12-15-34-18-21/h6-8,13,16-17,20-21H,1-5,9-12,14-15,18H2,(H,28,32)(H,29,33)/t21-/m0/s1. The van der Waals surface area contributed by atoms with Gasteiger partial charge in [0.15, 0.2) is 0 Å². The molecule has 1 aliphatic carbocycles. The Bertz CT molecular complexity index is 1020. The Morgan fingerprint density at radius 3 is 2.24 bits per heavy atom. The molecule has 0 spiro atoms. The van der Waals surface area contributed by atoms with Crippen LogP contribution in [0.4, 0.5) is 0 Å². The Hall–Kier alpha value is -3.00. The van der Waals surface area contributed by atoms with Crippen LogP contribution in [0.3, 0.4) is 0 Å². The molecule has 34 heavy (non-hydrogen) atoms. The van der Waals surface area contributed by atoms with E-state index in [1.54, 1.807) is 23.2 Å². The fourth-order valence-electron chi connectivity index (χ4n) is 4.65. The number of pyridine rings is 2. The minimum absolute atomic E-state index is 0.0124. The van der Waals surface area contributed by atoms with Crippen molar-refractivity contribution in [3.05, 3.63) is 63.8 Å². The van der Waals surface area contributed by atoms with Crippen LogP contribution in [0.25, 0.3) is 0 Å². The second-order valence-corrected chi connectivity index (χ2v) is 9.27. The van der Waals surface area contributed by atoms with Crippen molar-refractivity contribution < 1.29 is 14.3 Å². The summed E-state index contributed by atoms with van der Waals surface area (Å²) in [4.78, 5) is 43.7. The second-order valence-electron chi connectivity index (χ2n) is 9.27. The van der Waals surface area contributed by atoms with Crippen molar-refractivity contribution >= 4 is 11.8 Å². The molecule has 1 saturated heterocycles. The fourth-order valence-corrected chi connectivity index (χ4v) is 4.65. The molecule has 2 aromatic rings. The third kappa shape index (κ3) is 6.53. The van der Waals surface area contributed by atoms with Crippen LogP contribution < -0.4 is 16.1 Å². The van der Waals surface area contributed by atoms with E-state index in [0.29, 0.717) is 32.6 Å². The monoisotopic (exact) mass is 466 g/mol. The zero-order valence-electron chi connectivity index (χ0n) is 19.6. The van der Waals surface area contributed by atoms with E-state index >= 15 is 0 Å². The normalized spacial score (nSPS) is 19.2. The van der Waals surface area contributed by atoms with Gasteiger partial charge >= 0.3 is 0 Å². The lowest BCUT2D eigenvalue weighted by Gasteiger charge is -2.21. The van der Waals surface area contributed by atoms with Crippen molar-refractivity contribution in [2.75, 3.05) is 13.2 Å². The van der Waals surface area contributed by atoms with Gasteiger partial charge in [-0.15, -0.1) is 0 Å². The van der Waals surface area contributed by atoms with Crippen molar-refractivity contribution in [2.45, 2.75) is 76.4 Å². The van der Waals surface area contributed by atoms with E-state index in [-0.39, 0.29) is 23.2 Å². The summed E-state index contributed by atoms with van der Waals surface area (Å²) in [5.74, 6) is -0.867. The molecule has 0 radical (unpaired) electrons. The van der Waals surface area contributed by atoms with Gasteiger partial charge in [0.05, 0.1) is 12.6 Å².